The summed E-state index contributed by atoms with van der Waals surface area (Å²) in [5, 5.41) is 1.07. The summed E-state index contributed by atoms with van der Waals surface area (Å²) in [7, 11) is 0. The lowest BCUT2D eigenvalue weighted by Gasteiger charge is -2.18. The van der Waals surface area contributed by atoms with Crippen molar-refractivity contribution in [2.75, 3.05) is 0 Å². The van der Waals surface area contributed by atoms with Crippen LogP contribution in [-0.4, -0.2) is 10.6 Å². The number of nitrogens with one attached hydrogen (secondary N) is 1. The van der Waals surface area contributed by atoms with Gasteiger partial charge in [0.25, 0.3) is 0 Å². The third-order valence-electron chi connectivity index (χ3n) is 1.67. The van der Waals surface area contributed by atoms with Crippen LogP contribution in [0.3, 0.4) is 0 Å². The third kappa shape index (κ3) is 3.74. The van der Waals surface area contributed by atoms with Crippen molar-refractivity contribution >= 4 is 11.3 Å². The van der Waals surface area contributed by atoms with Crippen LogP contribution in [0.25, 0.3) is 0 Å². The fourth-order valence-corrected chi connectivity index (χ4v) is 1.79. The summed E-state index contributed by atoms with van der Waals surface area (Å²) in [6.07, 6.45) is 0. The van der Waals surface area contributed by atoms with Crippen LogP contribution in [0.15, 0.2) is 0 Å². The second-order valence-electron chi connectivity index (χ2n) is 4.28. The molecule has 0 saturated heterocycles. The maximum Gasteiger partial charge on any atom is 0.109 e. The largest absolute Gasteiger partial charge is 0.296 e. The van der Waals surface area contributed by atoms with Gasteiger partial charge in [0.15, 0.2) is 0 Å². The zero-order chi connectivity index (χ0) is 10.8. The molecule has 1 aromatic heterocycles. The molecule has 14 heavy (non-hydrogen) atoms. The number of hydrogen-bond acceptors (Lipinski definition) is 4. The summed E-state index contributed by atoms with van der Waals surface area (Å²) in [6.45, 7) is 10.8. The Hall–Kier alpha value is -0.450. The van der Waals surface area contributed by atoms with Gasteiger partial charge in [0.05, 0.1) is 17.8 Å². The predicted molar refractivity (Wildman–Crippen MR) is 59.3 cm³/mol. The van der Waals surface area contributed by atoms with Crippen molar-refractivity contribution in [1.82, 2.24) is 10.5 Å². The number of aromatic nitrogens is 1. The minimum absolute atomic E-state index is 0.151. The van der Waals surface area contributed by atoms with Crippen LogP contribution in [0.5, 0.6) is 0 Å². The van der Waals surface area contributed by atoms with Gasteiger partial charge in [0.2, 0.25) is 0 Å². The van der Waals surface area contributed by atoms with Gasteiger partial charge in [0.1, 0.15) is 5.01 Å². The molecule has 1 heterocycles. The number of rotatable bonds is 3. The highest BCUT2D eigenvalue weighted by Crippen LogP contribution is 2.16. The van der Waals surface area contributed by atoms with Crippen LogP contribution >= 0.6 is 11.3 Å². The zero-order valence-electron chi connectivity index (χ0n) is 9.47. The monoisotopic (exact) mass is 214 g/mol. The van der Waals surface area contributed by atoms with Crippen LogP contribution in [0.1, 0.15) is 36.3 Å². The molecule has 0 unspecified atom stereocenters. The topological polar surface area (TPSA) is 34.2 Å². The first-order valence-corrected chi connectivity index (χ1v) is 5.54. The van der Waals surface area contributed by atoms with Gasteiger partial charge in [0, 0.05) is 4.88 Å². The summed E-state index contributed by atoms with van der Waals surface area (Å²) >= 11 is 1.71. The van der Waals surface area contributed by atoms with E-state index in [-0.39, 0.29) is 5.60 Å². The first-order chi connectivity index (χ1) is 6.38. The molecule has 0 aromatic carbocycles. The number of hydroxylamine groups is 1. The standard InChI is InChI=1S/C10H18N2OS/c1-7-8(2)14-9(12-7)6-11-13-10(3,4)5/h11H,6H2,1-5H3. The number of hydrogen-bond donors (Lipinski definition) is 1. The second kappa shape index (κ2) is 4.38. The summed E-state index contributed by atoms with van der Waals surface area (Å²) in [4.78, 5) is 11.1. The smallest absolute Gasteiger partial charge is 0.109 e. The van der Waals surface area contributed by atoms with Crippen LogP contribution in [0, 0.1) is 13.8 Å². The molecule has 0 aliphatic heterocycles. The van der Waals surface area contributed by atoms with Gasteiger partial charge in [-0.15, -0.1) is 11.3 Å². The van der Waals surface area contributed by atoms with E-state index in [0.29, 0.717) is 6.54 Å². The second-order valence-corrected chi connectivity index (χ2v) is 5.57. The van der Waals surface area contributed by atoms with Crippen LogP contribution < -0.4 is 5.48 Å². The molecule has 0 spiro atoms. The lowest BCUT2D eigenvalue weighted by atomic mass is 10.2. The fraction of sp³-hybridized carbons (Fsp3) is 0.700. The molecular formula is C10H18N2OS. The van der Waals surface area contributed by atoms with Crippen molar-refractivity contribution in [2.24, 2.45) is 0 Å². The first kappa shape index (κ1) is 11.6. The van der Waals surface area contributed by atoms with E-state index in [1.165, 1.54) is 4.88 Å². The average molecular weight is 214 g/mol. The SMILES string of the molecule is Cc1nc(CNOC(C)(C)C)sc1C. The molecule has 0 aliphatic rings. The molecule has 3 nitrogen and oxygen atoms in total. The van der Waals surface area contributed by atoms with E-state index in [9.17, 15) is 0 Å². The van der Waals surface area contributed by atoms with Crippen molar-refractivity contribution in [3.63, 3.8) is 0 Å². The van der Waals surface area contributed by atoms with E-state index in [4.69, 9.17) is 4.84 Å². The van der Waals surface area contributed by atoms with E-state index in [0.717, 1.165) is 10.7 Å². The van der Waals surface area contributed by atoms with Gasteiger partial charge < -0.3 is 0 Å². The first-order valence-electron chi connectivity index (χ1n) is 4.72. The fourth-order valence-electron chi connectivity index (χ4n) is 0.929. The van der Waals surface area contributed by atoms with Crippen LogP contribution in [0.4, 0.5) is 0 Å². The highest BCUT2D eigenvalue weighted by Gasteiger charge is 2.10. The van der Waals surface area contributed by atoms with Gasteiger partial charge in [-0.1, -0.05) is 0 Å². The summed E-state index contributed by atoms with van der Waals surface area (Å²) in [5.41, 5.74) is 3.89. The van der Waals surface area contributed by atoms with Gasteiger partial charge in [-0.3, -0.25) is 4.84 Å². The van der Waals surface area contributed by atoms with E-state index >= 15 is 0 Å². The zero-order valence-corrected chi connectivity index (χ0v) is 10.3. The third-order valence-corrected chi connectivity index (χ3v) is 2.75. The molecule has 0 aliphatic carbocycles. The maximum absolute atomic E-state index is 5.40. The number of aryl methyl sites for hydroxylation is 2. The molecule has 0 radical (unpaired) electrons. The number of thiazole rings is 1. The van der Waals surface area contributed by atoms with E-state index in [1.807, 2.05) is 27.7 Å². The quantitative estimate of drug-likeness (QED) is 0.785. The van der Waals surface area contributed by atoms with Crippen molar-refractivity contribution in [2.45, 2.75) is 46.8 Å². The molecule has 0 amide bonds. The minimum atomic E-state index is -0.151. The van der Waals surface area contributed by atoms with Gasteiger partial charge >= 0.3 is 0 Å². The molecule has 1 rings (SSSR count). The molecule has 4 heteroatoms. The molecule has 0 fully saturated rings. The van der Waals surface area contributed by atoms with Crippen molar-refractivity contribution in [3.05, 3.63) is 15.6 Å². The lowest BCUT2D eigenvalue weighted by molar-refractivity contribution is -0.0757. The van der Waals surface area contributed by atoms with Gasteiger partial charge in [-0.2, -0.15) is 5.48 Å². The molecule has 1 aromatic rings. The summed E-state index contributed by atoms with van der Waals surface area (Å²) < 4.78 is 0. The minimum Gasteiger partial charge on any atom is -0.296 e. The summed E-state index contributed by atoms with van der Waals surface area (Å²) in [6, 6.07) is 0. The Balaban J connectivity index is 2.39. The van der Waals surface area contributed by atoms with Gasteiger partial charge in [-0.25, -0.2) is 4.98 Å². The van der Waals surface area contributed by atoms with E-state index < -0.39 is 0 Å². The highest BCUT2D eigenvalue weighted by molar-refractivity contribution is 7.11. The average Bonchev–Trinajstić information content (AvgIpc) is 2.28. The normalized spacial score (nSPS) is 12.1. The Morgan fingerprint density at radius 3 is 2.43 bits per heavy atom. The highest BCUT2D eigenvalue weighted by atomic mass is 32.1. The van der Waals surface area contributed by atoms with Gasteiger partial charge in [-0.05, 0) is 34.6 Å². The maximum atomic E-state index is 5.40. The van der Waals surface area contributed by atoms with E-state index in [1.54, 1.807) is 11.3 Å². The van der Waals surface area contributed by atoms with Crippen molar-refractivity contribution < 1.29 is 4.84 Å². The molecule has 0 saturated carbocycles. The van der Waals surface area contributed by atoms with Crippen LogP contribution in [0.2, 0.25) is 0 Å². The molecular weight excluding hydrogens is 196 g/mol. The number of nitrogens with zero attached hydrogens (tertiary/aromatic N) is 1. The Morgan fingerprint density at radius 2 is 2.00 bits per heavy atom. The Kier molecular flexibility index (Phi) is 3.64. The van der Waals surface area contributed by atoms with Crippen molar-refractivity contribution in [3.8, 4) is 0 Å². The molecule has 0 atom stereocenters. The molecule has 1 N–H and O–H groups in total. The summed E-state index contributed by atoms with van der Waals surface area (Å²) in [5.74, 6) is 0. The van der Waals surface area contributed by atoms with Crippen molar-refractivity contribution in [1.29, 1.82) is 0 Å². The van der Waals surface area contributed by atoms with E-state index in [2.05, 4.69) is 17.4 Å². The molecule has 0 bridgehead atoms. The predicted octanol–water partition coefficient (Wildman–Crippen LogP) is 2.58. The molecule has 80 valence electrons. The van der Waals surface area contributed by atoms with Crippen LogP contribution in [-0.2, 0) is 11.4 Å². The Bertz CT molecular complexity index is 282. The Labute approximate surface area is 89.5 Å². The Morgan fingerprint density at radius 1 is 1.36 bits per heavy atom. The lowest BCUT2D eigenvalue weighted by Crippen LogP contribution is -2.28.